The highest BCUT2D eigenvalue weighted by molar-refractivity contribution is 7.91. The third-order valence-electron chi connectivity index (χ3n) is 4.17. The van der Waals surface area contributed by atoms with Gasteiger partial charge in [0, 0.05) is 13.1 Å². The summed E-state index contributed by atoms with van der Waals surface area (Å²) < 4.78 is 27.6. The van der Waals surface area contributed by atoms with Crippen LogP contribution in [0, 0.1) is 0 Å². The molecule has 0 spiro atoms. The summed E-state index contributed by atoms with van der Waals surface area (Å²) in [6.45, 7) is 3.51. The van der Waals surface area contributed by atoms with E-state index in [4.69, 9.17) is 0 Å². The molecule has 124 valence electrons. The van der Waals surface area contributed by atoms with Crippen molar-refractivity contribution in [3.05, 3.63) is 52.9 Å². The Morgan fingerprint density at radius 2 is 1.74 bits per heavy atom. The van der Waals surface area contributed by atoms with E-state index in [9.17, 15) is 8.42 Å². The number of nitrogens with zero attached hydrogens (tertiary/aromatic N) is 1. The van der Waals surface area contributed by atoms with Crippen LogP contribution in [0.4, 0.5) is 0 Å². The monoisotopic (exact) mass is 350 g/mol. The predicted octanol–water partition coefficient (Wildman–Crippen LogP) is 3.21. The fraction of sp³-hybridized carbons (Fsp3) is 0.412. The van der Waals surface area contributed by atoms with Gasteiger partial charge in [-0.25, -0.2) is 13.1 Å². The summed E-state index contributed by atoms with van der Waals surface area (Å²) >= 11 is 1.24. The Kier molecular flexibility index (Phi) is 5.48. The van der Waals surface area contributed by atoms with E-state index in [1.165, 1.54) is 36.2 Å². The van der Waals surface area contributed by atoms with Crippen LogP contribution in [0.2, 0.25) is 0 Å². The molecule has 2 aromatic rings. The minimum atomic E-state index is -3.41. The molecular formula is C17H22N2O2S2. The Morgan fingerprint density at radius 3 is 2.43 bits per heavy atom. The molecule has 4 nitrogen and oxygen atoms in total. The van der Waals surface area contributed by atoms with Crippen LogP contribution in [-0.4, -0.2) is 26.4 Å². The third-order valence-corrected chi connectivity index (χ3v) is 6.97. The lowest BCUT2D eigenvalue weighted by molar-refractivity contribution is 0.220. The number of sulfonamides is 1. The molecule has 0 atom stereocenters. The normalized spacial score (nSPS) is 16.5. The van der Waals surface area contributed by atoms with Crippen LogP contribution < -0.4 is 4.72 Å². The zero-order valence-corrected chi connectivity index (χ0v) is 14.7. The quantitative estimate of drug-likeness (QED) is 0.870. The van der Waals surface area contributed by atoms with E-state index < -0.39 is 10.0 Å². The average Bonchev–Trinajstić information content (AvgIpc) is 3.11. The van der Waals surface area contributed by atoms with Gasteiger partial charge in [0.05, 0.1) is 0 Å². The fourth-order valence-corrected chi connectivity index (χ4v) is 4.95. The van der Waals surface area contributed by atoms with Gasteiger partial charge in [0.2, 0.25) is 10.0 Å². The van der Waals surface area contributed by atoms with Gasteiger partial charge in [-0.15, -0.1) is 11.3 Å². The molecule has 1 aromatic heterocycles. The standard InChI is InChI=1S/C17H22N2O2S2/c20-23(21,17-9-6-12-22-17)18-13-15-7-2-3-8-16(15)14-19-10-4-1-5-11-19/h2-3,6-9,12,18H,1,4-5,10-11,13-14H2. The molecule has 1 aliphatic rings. The molecule has 0 unspecified atom stereocenters. The van der Waals surface area contributed by atoms with E-state index in [-0.39, 0.29) is 0 Å². The molecule has 3 rings (SSSR count). The van der Waals surface area contributed by atoms with Gasteiger partial charge in [0.1, 0.15) is 4.21 Å². The number of hydrogen-bond donors (Lipinski definition) is 1. The van der Waals surface area contributed by atoms with Gasteiger partial charge in [0.15, 0.2) is 0 Å². The summed E-state index contributed by atoms with van der Waals surface area (Å²) in [6.07, 6.45) is 3.83. The minimum absolute atomic E-state index is 0.338. The Hall–Kier alpha value is -1.21. The fourth-order valence-electron chi connectivity index (χ4n) is 2.90. The highest BCUT2D eigenvalue weighted by Crippen LogP contribution is 2.18. The molecule has 0 radical (unpaired) electrons. The Bertz CT molecular complexity index is 721. The van der Waals surface area contributed by atoms with E-state index in [1.54, 1.807) is 17.5 Å². The molecule has 1 aromatic carbocycles. The summed E-state index contributed by atoms with van der Waals surface area (Å²) in [5, 5.41) is 1.78. The van der Waals surface area contributed by atoms with E-state index in [0.29, 0.717) is 10.8 Å². The van der Waals surface area contributed by atoms with Crippen molar-refractivity contribution in [2.75, 3.05) is 13.1 Å². The lowest BCUT2D eigenvalue weighted by Gasteiger charge is -2.27. The number of likely N-dealkylation sites (tertiary alicyclic amines) is 1. The van der Waals surface area contributed by atoms with Crippen LogP contribution in [0.5, 0.6) is 0 Å². The molecule has 0 aliphatic carbocycles. The molecular weight excluding hydrogens is 328 g/mol. The summed E-state index contributed by atoms with van der Waals surface area (Å²) in [5.74, 6) is 0. The number of nitrogens with one attached hydrogen (secondary N) is 1. The minimum Gasteiger partial charge on any atom is -0.299 e. The van der Waals surface area contributed by atoms with Gasteiger partial charge < -0.3 is 0 Å². The second-order valence-electron chi connectivity index (χ2n) is 5.86. The average molecular weight is 351 g/mol. The number of thiophene rings is 1. The molecule has 1 aliphatic heterocycles. The topological polar surface area (TPSA) is 49.4 Å². The van der Waals surface area contributed by atoms with Crippen molar-refractivity contribution < 1.29 is 8.42 Å². The third kappa shape index (κ3) is 4.41. The number of benzene rings is 1. The van der Waals surface area contributed by atoms with Crippen LogP contribution in [0.15, 0.2) is 46.0 Å². The molecule has 0 bridgehead atoms. The maximum atomic E-state index is 12.3. The maximum absolute atomic E-state index is 12.3. The van der Waals surface area contributed by atoms with Crippen LogP contribution in [-0.2, 0) is 23.1 Å². The number of hydrogen-bond acceptors (Lipinski definition) is 4. The molecule has 0 saturated carbocycles. The first-order chi connectivity index (χ1) is 11.1. The predicted molar refractivity (Wildman–Crippen MR) is 93.9 cm³/mol. The maximum Gasteiger partial charge on any atom is 0.250 e. The van der Waals surface area contributed by atoms with E-state index >= 15 is 0 Å². The van der Waals surface area contributed by atoms with Crippen LogP contribution in [0.3, 0.4) is 0 Å². The SMILES string of the molecule is O=S(=O)(NCc1ccccc1CN1CCCCC1)c1cccs1. The van der Waals surface area contributed by atoms with Gasteiger partial charge in [-0.3, -0.25) is 4.90 Å². The zero-order valence-electron chi connectivity index (χ0n) is 13.1. The van der Waals surface area contributed by atoms with Crippen molar-refractivity contribution in [1.82, 2.24) is 9.62 Å². The Labute approximate surface area is 142 Å². The van der Waals surface area contributed by atoms with Crippen LogP contribution in [0.1, 0.15) is 30.4 Å². The Morgan fingerprint density at radius 1 is 1.00 bits per heavy atom. The molecule has 1 N–H and O–H groups in total. The van der Waals surface area contributed by atoms with Gasteiger partial charge in [0.25, 0.3) is 0 Å². The number of rotatable bonds is 6. The van der Waals surface area contributed by atoms with Crippen molar-refractivity contribution in [3.63, 3.8) is 0 Å². The van der Waals surface area contributed by atoms with Gasteiger partial charge in [-0.2, -0.15) is 0 Å². The zero-order chi connectivity index (χ0) is 16.1. The van der Waals surface area contributed by atoms with E-state index in [0.717, 1.165) is 25.2 Å². The van der Waals surface area contributed by atoms with Gasteiger partial charge >= 0.3 is 0 Å². The van der Waals surface area contributed by atoms with Crippen molar-refractivity contribution in [3.8, 4) is 0 Å². The second-order valence-corrected chi connectivity index (χ2v) is 8.80. The van der Waals surface area contributed by atoms with Crippen LogP contribution in [0.25, 0.3) is 0 Å². The van der Waals surface area contributed by atoms with Crippen molar-refractivity contribution in [2.24, 2.45) is 0 Å². The van der Waals surface area contributed by atoms with Gasteiger partial charge in [-0.1, -0.05) is 36.8 Å². The van der Waals surface area contributed by atoms with E-state index in [2.05, 4.69) is 15.7 Å². The second kappa shape index (κ2) is 7.57. The molecule has 1 fully saturated rings. The van der Waals surface area contributed by atoms with Crippen LogP contribution >= 0.6 is 11.3 Å². The van der Waals surface area contributed by atoms with Crippen molar-refractivity contribution >= 4 is 21.4 Å². The highest BCUT2D eigenvalue weighted by atomic mass is 32.2. The largest absolute Gasteiger partial charge is 0.299 e. The van der Waals surface area contributed by atoms with E-state index in [1.807, 2.05) is 18.2 Å². The molecule has 23 heavy (non-hydrogen) atoms. The smallest absolute Gasteiger partial charge is 0.250 e. The summed E-state index contributed by atoms with van der Waals surface area (Å²) in [6, 6.07) is 11.5. The first-order valence-corrected chi connectivity index (χ1v) is 10.3. The molecule has 1 saturated heterocycles. The Balaban J connectivity index is 1.68. The molecule has 2 heterocycles. The lowest BCUT2D eigenvalue weighted by atomic mass is 10.1. The molecule has 6 heteroatoms. The van der Waals surface area contributed by atoms with Gasteiger partial charge in [-0.05, 0) is 48.5 Å². The molecule has 0 amide bonds. The first kappa shape index (κ1) is 16.6. The summed E-state index contributed by atoms with van der Waals surface area (Å²) in [4.78, 5) is 2.45. The summed E-state index contributed by atoms with van der Waals surface area (Å²) in [7, 11) is -3.41. The number of piperidine rings is 1. The van der Waals surface area contributed by atoms with Crippen molar-refractivity contribution in [2.45, 2.75) is 36.6 Å². The summed E-state index contributed by atoms with van der Waals surface area (Å²) in [5.41, 5.74) is 2.27. The lowest BCUT2D eigenvalue weighted by Crippen LogP contribution is -2.30. The van der Waals surface area contributed by atoms with Crippen molar-refractivity contribution in [1.29, 1.82) is 0 Å². The highest BCUT2D eigenvalue weighted by Gasteiger charge is 2.16. The first-order valence-electron chi connectivity index (χ1n) is 7.97.